The molecule has 5 nitrogen and oxygen atoms in total. The Morgan fingerprint density at radius 3 is 2.35 bits per heavy atom. The van der Waals surface area contributed by atoms with E-state index in [4.69, 9.17) is 4.74 Å². The SMILES string of the molecule is CCN1CCN(c2cc3c(cc2F)c(=O)cc(-c2ccc(OC)cc2)n3C2CC2)CC1. The number of benzene rings is 2. The Bertz CT molecular complexity index is 1160. The molecule has 5 rings (SSSR count). The summed E-state index contributed by atoms with van der Waals surface area (Å²) in [5, 5.41) is 0.456. The number of fused-ring (bicyclic) bond motifs is 1. The summed E-state index contributed by atoms with van der Waals surface area (Å²) in [6, 6.07) is 13.1. The molecule has 162 valence electrons. The topological polar surface area (TPSA) is 37.7 Å². The summed E-state index contributed by atoms with van der Waals surface area (Å²) in [5.74, 6) is 0.467. The van der Waals surface area contributed by atoms with Gasteiger partial charge in [0.1, 0.15) is 11.6 Å². The molecule has 3 aromatic rings. The highest BCUT2D eigenvalue weighted by Gasteiger charge is 2.29. The van der Waals surface area contributed by atoms with Crippen molar-refractivity contribution in [2.45, 2.75) is 25.8 Å². The molecule has 1 aromatic heterocycles. The van der Waals surface area contributed by atoms with Crippen molar-refractivity contribution in [1.82, 2.24) is 9.47 Å². The number of hydrogen-bond donors (Lipinski definition) is 0. The number of anilines is 1. The summed E-state index contributed by atoms with van der Waals surface area (Å²) in [7, 11) is 1.64. The maximum Gasteiger partial charge on any atom is 0.190 e. The van der Waals surface area contributed by atoms with Crippen LogP contribution in [0, 0.1) is 5.82 Å². The van der Waals surface area contributed by atoms with E-state index in [0.29, 0.717) is 17.1 Å². The molecule has 1 aliphatic heterocycles. The molecule has 0 N–H and O–H groups in total. The Morgan fingerprint density at radius 1 is 1.03 bits per heavy atom. The van der Waals surface area contributed by atoms with E-state index in [0.717, 1.165) is 68.1 Å². The molecule has 0 radical (unpaired) electrons. The number of nitrogens with zero attached hydrogens (tertiary/aromatic N) is 3. The molecular weight excluding hydrogens is 393 g/mol. The lowest BCUT2D eigenvalue weighted by atomic mass is 10.1. The third kappa shape index (κ3) is 3.69. The Kier molecular flexibility index (Phi) is 5.18. The zero-order valence-electron chi connectivity index (χ0n) is 18.1. The number of aromatic nitrogens is 1. The van der Waals surface area contributed by atoms with Crippen molar-refractivity contribution in [3.63, 3.8) is 0 Å². The van der Waals surface area contributed by atoms with E-state index in [1.54, 1.807) is 13.2 Å². The lowest BCUT2D eigenvalue weighted by molar-refractivity contribution is 0.270. The summed E-state index contributed by atoms with van der Waals surface area (Å²) < 4.78 is 22.6. The fourth-order valence-electron chi connectivity index (χ4n) is 4.61. The number of rotatable bonds is 5. The molecule has 0 unspecified atom stereocenters. The molecule has 1 saturated carbocycles. The number of methoxy groups -OCH3 is 1. The van der Waals surface area contributed by atoms with Gasteiger partial charge in [-0.05, 0) is 61.3 Å². The molecular formula is C25H28FN3O2. The van der Waals surface area contributed by atoms with Crippen LogP contribution in [0.1, 0.15) is 25.8 Å². The van der Waals surface area contributed by atoms with Crippen molar-refractivity contribution in [1.29, 1.82) is 0 Å². The molecule has 2 aromatic carbocycles. The molecule has 31 heavy (non-hydrogen) atoms. The Morgan fingerprint density at radius 2 is 1.74 bits per heavy atom. The van der Waals surface area contributed by atoms with Gasteiger partial charge in [0.25, 0.3) is 0 Å². The monoisotopic (exact) mass is 421 g/mol. The fraction of sp³-hybridized carbons (Fsp3) is 0.400. The molecule has 2 heterocycles. The van der Waals surface area contributed by atoms with E-state index in [1.165, 1.54) is 6.07 Å². The summed E-state index contributed by atoms with van der Waals surface area (Å²) in [4.78, 5) is 17.5. The zero-order chi connectivity index (χ0) is 21.5. The van der Waals surface area contributed by atoms with Gasteiger partial charge in [-0.2, -0.15) is 0 Å². The Labute approximate surface area is 181 Å². The van der Waals surface area contributed by atoms with E-state index in [1.807, 2.05) is 30.3 Å². The molecule has 2 aliphatic rings. The molecule has 0 bridgehead atoms. The Balaban J connectivity index is 1.65. The first-order chi connectivity index (χ1) is 15.1. The first-order valence-corrected chi connectivity index (χ1v) is 11.1. The highest BCUT2D eigenvalue weighted by Crippen LogP contribution is 2.41. The van der Waals surface area contributed by atoms with Gasteiger partial charge in [0.05, 0.1) is 24.0 Å². The van der Waals surface area contributed by atoms with Gasteiger partial charge < -0.3 is 19.1 Å². The van der Waals surface area contributed by atoms with Crippen LogP contribution in [0.4, 0.5) is 10.1 Å². The summed E-state index contributed by atoms with van der Waals surface area (Å²) in [6.45, 7) is 6.61. The molecule has 2 fully saturated rings. The van der Waals surface area contributed by atoms with Gasteiger partial charge >= 0.3 is 0 Å². The summed E-state index contributed by atoms with van der Waals surface area (Å²) >= 11 is 0. The van der Waals surface area contributed by atoms with Gasteiger partial charge in [0.2, 0.25) is 0 Å². The molecule has 1 aliphatic carbocycles. The van der Waals surface area contributed by atoms with E-state index in [9.17, 15) is 4.79 Å². The Hall–Kier alpha value is -2.86. The largest absolute Gasteiger partial charge is 0.497 e. The van der Waals surface area contributed by atoms with Crippen molar-refractivity contribution in [3.8, 4) is 17.0 Å². The minimum atomic E-state index is -0.311. The van der Waals surface area contributed by atoms with Gasteiger partial charge in [0.15, 0.2) is 5.43 Å². The van der Waals surface area contributed by atoms with Crippen molar-refractivity contribution in [2.24, 2.45) is 0 Å². The van der Waals surface area contributed by atoms with Crippen molar-refractivity contribution in [3.05, 3.63) is 58.5 Å². The van der Waals surface area contributed by atoms with Crippen LogP contribution in [-0.4, -0.2) is 49.3 Å². The highest BCUT2D eigenvalue weighted by atomic mass is 19.1. The first-order valence-electron chi connectivity index (χ1n) is 11.1. The van der Waals surface area contributed by atoms with Crippen LogP contribution in [0.3, 0.4) is 0 Å². The lowest BCUT2D eigenvalue weighted by Crippen LogP contribution is -2.46. The van der Waals surface area contributed by atoms with Crippen molar-refractivity contribution in [2.75, 3.05) is 44.7 Å². The minimum Gasteiger partial charge on any atom is -0.497 e. The van der Waals surface area contributed by atoms with E-state index in [2.05, 4.69) is 21.3 Å². The maximum atomic E-state index is 15.1. The second kappa shape index (κ2) is 8.00. The van der Waals surface area contributed by atoms with Crippen LogP contribution in [0.15, 0.2) is 47.3 Å². The molecule has 6 heteroatoms. The average Bonchev–Trinajstić information content (AvgIpc) is 3.64. The standard InChI is InChI=1S/C25H28FN3O2/c1-3-27-10-12-28(13-11-27)24-15-23-20(14-21(24)26)25(30)16-22(29(23)18-6-7-18)17-4-8-19(31-2)9-5-17/h4-5,8-9,14-16,18H,3,6-7,10-13H2,1-2H3. The second-order valence-corrected chi connectivity index (χ2v) is 8.47. The summed E-state index contributed by atoms with van der Waals surface area (Å²) in [6.07, 6.45) is 2.14. The quantitative estimate of drug-likeness (QED) is 0.616. The molecule has 0 atom stereocenters. The lowest BCUT2D eigenvalue weighted by Gasteiger charge is -2.35. The number of piperazine rings is 1. The van der Waals surface area contributed by atoms with Crippen molar-refractivity contribution >= 4 is 16.6 Å². The van der Waals surface area contributed by atoms with Crippen LogP contribution in [0.25, 0.3) is 22.2 Å². The highest BCUT2D eigenvalue weighted by molar-refractivity contribution is 5.86. The van der Waals surface area contributed by atoms with E-state index < -0.39 is 0 Å². The summed E-state index contributed by atoms with van der Waals surface area (Å²) in [5.41, 5.74) is 3.14. The maximum absolute atomic E-state index is 15.1. The third-order valence-corrected chi connectivity index (χ3v) is 6.58. The van der Waals surface area contributed by atoms with Crippen LogP contribution in [0.5, 0.6) is 5.75 Å². The second-order valence-electron chi connectivity index (χ2n) is 8.47. The number of likely N-dealkylation sites (N-methyl/N-ethyl adjacent to an activating group) is 1. The number of hydrogen-bond acceptors (Lipinski definition) is 4. The predicted octanol–water partition coefficient (Wildman–Crippen LogP) is 4.29. The molecule has 0 amide bonds. The molecule has 1 saturated heterocycles. The van der Waals surface area contributed by atoms with Gasteiger partial charge in [-0.15, -0.1) is 0 Å². The number of halogens is 1. The predicted molar refractivity (Wildman–Crippen MR) is 123 cm³/mol. The zero-order valence-corrected chi connectivity index (χ0v) is 18.1. The van der Waals surface area contributed by atoms with Gasteiger partial charge in [-0.3, -0.25) is 4.79 Å². The first kappa shape index (κ1) is 20.1. The third-order valence-electron chi connectivity index (χ3n) is 6.58. The molecule has 0 spiro atoms. The number of ether oxygens (including phenoxy) is 1. The smallest absolute Gasteiger partial charge is 0.190 e. The average molecular weight is 422 g/mol. The normalized spacial score (nSPS) is 17.3. The van der Waals surface area contributed by atoms with E-state index in [-0.39, 0.29) is 11.2 Å². The van der Waals surface area contributed by atoms with Crippen LogP contribution >= 0.6 is 0 Å². The fourth-order valence-corrected chi connectivity index (χ4v) is 4.61. The van der Waals surface area contributed by atoms with Crippen molar-refractivity contribution < 1.29 is 9.13 Å². The van der Waals surface area contributed by atoms with Gasteiger partial charge in [-0.1, -0.05) is 6.92 Å². The van der Waals surface area contributed by atoms with Crippen LogP contribution in [0.2, 0.25) is 0 Å². The van der Waals surface area contributed by atoms with Gasteiger partial charge in [0, 0.05) is 43.7 Å². The number of pyridine rings is 1. The van der Waals surface area contributed by atoms with Gasteiger partial charge in [-0.25, -0.2) is 4.39 Å². The minimum absolute atomic E-state index is 0.140. The van der Waals surface area contributed by atoms with Crippen LogP contribution < -0.4 is 15.1 Å². The van der Waals surface area contributed by atoms with E-state index >= 15 is 4.39 Å². The van der Waals surface area contributed by atoms with Crippen LogP contribution in [-0.2, 0) is 0 Å².